The summed E-state index contributed by atoms with van der Waals surface area (Å²) >= 11 is 0. The third-order valence-electron chi connectivity index (χ3n) is 3.17. The van der Waals surface area contributed by atoms with E-state index in [0.717, 1.165) is 0 Å². The van der Waals surface area contributed by atoms with E-state index in [0.29, 0.717) is 23.8 Å². The van der Waals surface area contributed by atoms with Crippen LogP contribution in [-0.2, 0) is 14.3 Å². The van der Waals surface area contributed by atoms with E-state index in [-0.39, 0.29) is 18.4 Å². The molecule has 0 radical (unpaired) electrons. The van der Waals surface area contributed by atoms with Gasteiger partial charge in [0.25, 0.3) is 5.91 Å². The largest absolute Gasteiger partial charge is 0.495 e. The molecule has 0 saturated heterocycles. The van der Waals surface area contributed by atoms with Crippen LogP contribution in [0.5, 0.6) is 5.75 Å². The van der Waals surface area contributed by atoms with Crippen molar-refractivity contribution in [2.75, 3.05) is 25.6 Å². The van der Waals surface area contributed by atoms with Crippen LogP contribution < -0.4 is 15.5 Å². The number of anilines is 1. The van der Waals surface area contributed by atoms with Gasteiger partial charge in [-0.15, -0.1) is 0 Å². The van der Waals surface area contributed by atoms with Gasteiger partial charge in [-0.25, -0.2) is 5.43 Å². The van der Waals surface area contributed by atoms with Gasteiger partial charge in [0.1, 0.15) is 5.75 Å². The molecule has 1 atom stereocenters. The lowest BCUT2D eigenvalue weighted by Gasteiger charge is -2.11. The normalized spacial score (nSPS) is 12.3. The van der Waals surface area contributed by atoms with Crippen molar-refractivity contribution in [1.82, 2.24) is 5.43 Å². The first-order valence-corrected chi connectivity index (χ1v) is 7.36. The van der Waals surface area contributed by atoms with Gasteiger partial charge in [0, 0.05) is 5.71 Å². The number of nitrogens with zero attached hydrogens (tertiary/aromatic N) is 1. The van der Waals surface area contributed by atoms with Crippen LogP contribution in [0.2, 0.25) is 0 Å². The van der Waals surface area contributed by atoms with Crippen molar-refractivity contribution < 1.29 is 19.1 Å². The molecule has 7 heteroatoms. The minimum Gasteiger partial charge on any atom is -0.495 e. The molecule has 1 amide bonds. The molecule has 0 aliphatic heterocycles. The second-order valence-electron chi connectivity index (χ2n) is 4.82. The molecule has 126 valence electrons. The Morgan fingerprint density at radius 1 is 1.30 bits per heavy atom. The first-order chi connectivity index (χ1) is 11.0. The Morgan fingerprint density at radius 2 is 2.00 bits per heavy atom. The minimum atomic E-state index is -0.502. The summed E-state index contributed by atoms with van der Waals surface area (Å²) in [6.45, 7) is 5.42. The number of carbonyl (C=O) groups is 2. The molecule has 1 aromatic rings. The quantitative estimate of drug-likeness (QED) is 0.433. The summed E-state index contributed by atoms with van der Waals surface area (Å²) in [6, 6.07) is 7.29. The van der Waals surface area contributed by atoms with Gasteiger partial charge in [-0.05, 0) is 32.9 Å². The van der Waals surface area contributed by atoms with Gasteiger partial charge in [-0.2, -0.15) is 5.10 Å². The van der Waals surface area contributed by atoms with Gasteiger partial charge in [0.15, 0.2) is 0 Å². The van der Waals surface area contributed by atoms with Gasteiger partial charge in [0.2, 0.25) is 0 Å². The number of hydrogen-bond acceptors (Lipinski definition) is 6. The minimum absolute atomic E-state index is 0.0327. The molecule has 0 heterocycles. The molecule has 23 heavy (non-hydrogen) atoms. The van der Waals surface area contributed by atoms with Crippen LogP contribution in [0.3, 0.4) is 0 Å². The number of ether oxygens (including phenoxy) is 2. The molecular formula is C16H23N3O4. The van der Waals surface area contributed by atoms with Crippen LogP contribution in [0.1, 0.15) is 20.8 Å². The molecule has 1 rings (SSSR count). The maximum Gasteiger partial charge on any atom is 0.314 e. The third-order valence-corrected chi connectivity index (χ3v) is 3.17. The topological polar surface area (TPSA) is 89.0 Å². The molecule has 7 nitrogen and oxygen atoms in total. The molecule has 0 fully saturated rings. The number of benzene rings is 1. The number of carbonyl (C=O) groups excluding carboxylic acids is 2. The summed E-state index contributed by atoms with van der Waals surface area (Å²) in [7, 11) is 1.56. The van der Waals surface area contributed by atoms with Crippen molar-refractivity contribution in [2.24, 2.45) is 11.0 Å². The molecule has 1 aromatic carbocycles. The van der Waals surface area contributed by atoms with E-state index >= 15 is 0 Å². The maximum absolute atomic E-state index is 11.8. The number of nitrogens with one attached hydrogen (secondary N) is 2. The number of amides is 1. The highest BCUT2D eigenvalue weighted by atomic mass is 16.5. The summed E-state index contributed by atoms with van der Waals surface area (Å²) in [5.41, 5.74) is 3.60. The lowest BCUT2D eigenvalue weighted by Crippen LogP contribution is -2.29. The zero-order chi connectivity index (χ0) is 17.2. The van der Waals surface area contributed by atoms with E-state index in [1.807, 2.05) is 18.2 Å². The first kappa shape index (κ1) is 18.5. The zero-order valence-electron chi connectivity index (χ0n) is 13.9. The molecular weight excluding hydrogens is 298 g/mol. The molecule has 0 bridgehead atoms. The van der Waals surface area contributed by atoms with Crippen LogP contribution in [0.15, 0.2) is 29.4 Å². The monoisotopic (exact) mass is 321 g/mol. The highest BCUT2D eigenvalue weighted by molar-refractivity contribution is 6.00. The molecule has 0 aliphatic rings. The smallest absolute Gasteiger partial charge is 0.314 e. The summed E-state index contributed by atoms with van der Waals surface area (Å²) in [5.74, 6) is -0.546. The van der Waals surface area contributed by atoms with Crippen LogP contribution in [0.25, 0.3) is 0 Å². The lowest BCUT2D eigenvalue weighted by molar-refractivity contribution is -0.145. The number of para-hydroxylation sites is 2. The molecule has 2 N–H and O–H groups in total. The van der Waals surface area contributed by atoms with Crippen LogP contribution in [0.4, 0.5) is 5.69 Å². The van der Waals surface area contributed by atoms with Gasteiger partial charge in [-0.1, -0.05) is 12.1 Å². The third kappa shape index (κ3) is 5.98. The van der Waals surface area contributed by atoms with Gasteiger partial charge in [0.05, 0.1) is 31.9 Å². The highest BCUT2D eigenvalue weighted by Crippen LogP contribution is 2.22. The van der Waals surface area contributed by atoms with Crippen molar-refractivity contribution in [3.8, 4) is 5.75 Å². The Morgan fingerprint density at radius 3 is 2.65 bits per heavy atom. The molecule has 0 unspecified atom stereocenters. The number of hydrogen-bond donors (Lipinski definition) is 2. The van der Waals surface area contributed by atoms with Crippen molar-refractivity contribution in [3.05, 3.63) is 24.3 Å². The van der Waals surface area contributed by atoms with Gasteiger partial charge >= 0.3 is 5.97 Å². The first-order valence-electron chi connectivity index (χ1n) is 7.36. The summed E-state index contributed by atoms with van der Waals surface area (Å²) < 4.78 is 10.1. The number of rotatable bonds is 8. The Hall–Kier alpha value is -2.57. The van der Waals surface area contributed by atoms with Crippen molar-refractivity contribution in [2.45, 2.75) is 20.8 Å². The highest BCUT2D eigenvalue weighted by Gasteiger charge is 2.17. The maximum atomic E-state index is 11.8. The molecule has 0 aromatic heterocycles. The Labute approximate surface area is 136 Å². The number of hydrazone groups is 1. The zero-order valence-corrected chi connectivity index (χ0v) is 13.9. The number of methoxy groups -OCH3 is 1. The molecule has 0 spiro atoms. The van der Waals surface area contributed by atoms with Gasteiger partial charge < -0.3 is 14.8 Å². The Bertz CT molecular complexity index is 572. The number of esters is 1. The fourth-order valence-corrected chi connectivity index (χ4v) is 1.69. The van der Waals surface area contributed by atoms with Crippen LogP contribution in [-0.4, -0.2) is 37.8 Å². The lowest BCUT2D eigenvalue weighted by atomic mass is 10.1. The molecule has 0 saturated carbocycles. The second kappa shape index (κ2) is 9.45. The van der Waals surface area contributed by atoms with Crippen molar-refractivity contribution >= 4 is 23.3 Å². The summed E-state index contributed by atoms with van der Waals surface area (Å²) in [5, 5.41) is 6.89. The predicted octanol–water partition coefficient (Wildman–Crippen LogP) is 1.80. The summed E-state index contributed by atoms with van der Waals surface area (Å²) in [4.78, 5) is 23.4. The Balaban J connectivity index is 2.50. The standard InChI is InChI=1S/C16H23N3O4/c1-5-23-16(21)11(2)12(3)18-19-15(20)10-17-13-8-6-7-9-14(13)22-4/h6-9,11,17H,5,10H2,1-4H3,(H,19,20)/b18-12-/t11-/m1/s1. The second-order valence-corrected chi connectivity index (χ2v) is 4.82. The van der Waals surface area contributed by atoms with Crippen molar-refractivity contribution in [3.63, 3.8) is 0 Å². The van der Waals surface area contributed by atoms with E-state index in [4.69, 9.17) is 9.47 Å². The van der Waals surface area contributed by atoms with Crippen molar-refractivity contribution in [1.29, 1.82) is 0 Å². The van der Waals surface area contributed by atoms with E-state index in [1.54, 1.807) is 33.9 Å². The van der Waals surface area contributed by atoms with E-state index < -0.39 is 5.92 Å². The Kier molecular flexibility index (Phi) is 7.59. The van der Waals surface area contributed by atoms with Crippen LogP contribution in [0, 0.1) is 5.92 Å². The van der Waals surface area contributed by atoms with E-state index in [1.165, 1.54) is 0 Å². The average Bonchev–Trinajstić information content (AvgIpc) is 2.57. The van der Waals surface area contributed by atoms with Gasteiger partial charge in [-0.3, -0.25) is 9.59 Å². The van der Waals surface area contributed by atoms with E-state index in [2.05, 4.69) is 15.8 Å². The SMILES string of the molecule is CCOC(=O)[C@H](C)/C(C)=N\NC(=O)CNc1ccccc1OC. The van der Waals surface area contributed by atoms with Crippen LogP contribution >= 0.6 is 0 Å². The summed E-state index contributed by atoms with van der Waals surface area (Å²) in [6.07, 6.45) is 0. The fraction of sp³-hybridized carbons (Fsp3) is 0.438. The average molecular weight is 321 g/mol. The predicted molar refractivity (Wildman–Crippen MR) is 88.5 cm³/mol. The molecule has 0 aliphatic carbocycles. The van der Waals surface area contributed by atoms with E-state index in [9.17, 15) is 9.59 Å². The fourth-order valence-electron chi connectivity index (χ4n) is 1.69.